The molecule has 1 heterocycles. The first kappa shape index (κ1) is 21.3. The van der Waals surface area contributed by atoms with Crippen LogP contribution in [-0.2, 0) is 6.54 Å². The van der Waals surface area contributed by atoms with Crippen LogP contribution < -0.4 is 10.1 Å². The Morgan fingerprint density at radius 1 is 1.21 bits per heavy atom. The van der Waals surface area contributed by atoms with Crippen molar-refractivity contribution >= 4 is 5.91 Å². The van der Waals surface area contributed by atoms with Gasteiger partial charge in [0, 0.05) is 43.3 Å². The third kappa shape index (κ3) is 4.98. The first-order valence-electron chi connectivity index (χ1n) is 10.5. The van der Waals surface area contributed by atoms with E-state index in [1.165, 1.54) is 5.56 Å². The normalized spacial score (nSPS) is 17.0. The number of benzene rings is 2. The molecule has 0 saturated carbocycles. The van der Waals surface area contributed by atoms with Crippen LogP contribution in [0.1, 0.15) is 48.3 Å². The van der Waals surface area contributed by atoms with Crippen LogP contribution in [0.4, 0.5) is 0 Å². The summed E-state index contributed by atoms with van der Waals surface area (Å²) in [7, 11) is 1.68. The highest BCUT2D eigenvalue weighted by molar-refractivity contribution is 5.94. The summed E-state index contributed by atoms with van der Waals surface area (Å²) in [6, 6.07) is 16.5. The molecule has 0 aromatic heterocycles. The number of nitrogens with one attached hydrogen (secondary N) is 1. The number of rotatable bonds is 7. The molecule has 5 heteroatoms. The van der Waals surface area contributed by atoms with Crippen LogP contribution in [0.5, 0.6) is 5.75 Å². The molecule has 1 aliphatic heterocycles. The van der Waals surface area contributed by atoms with Crippen LogP contribution in [0.3, 0.4) is 0 Å². The molecule has 1 aliphatic rings. The van der Waals surface area contributed by atoms with Gasteiger partial charge in [0.1, 0.15) is 5.75 Å². The molecule has 0 spiro atoms. The molecule has 0 bridgehead atoms. The lowest BCUT2D eigenvalue weighted by Gasteiger charge is -2.37. The summed E-state index contributed by atoms with van der Waals surface area (Å²) in [5.74, 6) is 0.896. The number of para-hydroxylation sites is 1. The van der Waals surface area contributed by atoms with Crippen LogP contribution in [0.15, 0.2) is 48.5 Å². The van der Waals surface area contributed by atoms with Crippen LogP contribution >= 0.6 is 0 Å². The van der Waals surface area contributed by atoms with Crippen molar-refractivity contribution in [2.45, 2.75) is 39.4 Å². The fourth-order valence-electron chi connectivity index (χ4n) is 3.98. The Labute approximate surface area is 174 Å². The number of nitrogens with zero attached hydrogens (tertiary/aromatic N) is 2. The van der Waals surface area contributed by atoms with Gasteiger partial charge in [-0.05, 0) is 44.2 Å². The van der Waals surface area contributed by atoms with E-state index in [0.717, 1.165) is 43.1 Å². The predicted octanol–water partition coefficient (Wildman–Crippen LogP) is 3.71. The third-order valence-electron chi connectivity index (χ3n) is 5.73. The summed E-state index contributed by atoms with van der Waals surface area (Å²) in [5, 5.41) is 3.41. The van der Waals surface area contributed by atoms with Gasteiger partial charge in [-0.15, -0.1) is 0 Å². The minimum atomic E-state index is -0.0383. The highest BCUT2D eigenvalue weighted by Crippen LogP contribution is 2.31. The topological polar surface area (TPSA) is 44.8 Å². The summed E-state index contributed by atoms with van der Waals surface area (Å²) in [4.78, 5) is 17.7. The zero-order valence-corrected chi connectivity index (χ0v) is 18.0. The number of carbonyl (C=O) groups is 1. The van der Waals surface area contributed by atoms with E-state index < -0.39 is 0 Å². The van der Waals surface area contributed by atoms with Gasteiger partial charge in [0.15, 0.2) is 0 Å². The Kier molecular flexibility index (Phi) is 7.29. The molecule has 5 nitrogen and oxygen atoms in total. The Bertz CT molecular complexity index is 804. The molecular weight excluding hydrogens is 362 g/mol. The molecule has 0 aliphatic carbocycles. The van der Waals surface area contributed by atoms with E-state index in [1.54, 1.807) is 7.11 Å². The first-order chi connectivity index (χ1) is 14.0. The molecular formula is C24H33N3O2. The monoisotopic (exact) mass is 395 g/mol. The minimum Gasteiger partial charge on any atom is -0.496 e. The van der Waals surface area contributed by atoms with Gasteiger partial charge in [-0.3, -0.25) is 9.69 Å². The lowest BCUT2D eigenvalue weighted by atomic mass is 10.0. The van der Waals surface area contributed by atoms with Crippen LogP contribution in [0.2, 0.25) is 0 Å². The van der Waals surface area contributed by atoms with Crippen molar-refractivity contribution in [2.24, 2.45) is 0 Å². The lowest BCUT2D eigenvalue weighted by Crippen LogP contribution is -2.48. The van der Waals surface area contributed by atoms with E-state index >= 15 is 0 Å². The molecule has 0 radical (unpaired) electrons. The Morgan fingerprint density at radius 3 is 2.59 bits per heavy atom. The van der Waals surface area contributed by atoms with E-state index in [-0.39, 0.29) is 11.9 Å². The van der Waals surface area contributed by atoms with Gasteiger partial charge in [0.2, 0.25) is 0 Å². The largest absolute Gasteiger partial charge is 0.496 e. The van der Waals surface area contributed by atoms with Gasteiger partial charge in [-0.1, -0.05) is 37.3 Å². The van der Waals surface area contributed by atoms with E-state index in [4.69, 9.17) is 4.74 Å². The number of carbonyl (C=O) groups excluding carboxylic acids is 1. The fourth-order valence-corrected chi connectivity index (χ4v) is 3.98. The van der Waals surface area contributed by atoms with Crippen molar-refractivity contribution in [3.05, 3.63) is 65.2 Å². The van der Waals surface area contributed by atoms with Crippen molar-refractivity contribution in [3.63, 3.8) is 0 Å². The number of amides is 1. The van der Waals surface area contributed by atoms with Gasteiger partial charge in [0.25, 0.3) is 5.91 Å². The molecule has 156 valence electrons. The summed E-state index contributed by atoms with van der Waals surface area (Å²) in [6.07, 6.45) is 0. The summed E-state index contributed by atoms with van der Waals surface area (Å²) in [6.45, 7) is 10.7. The number of hydrogen-bond donors (Lipinski definition) is 1. The van der Waals surface area contributed by atoms with Gasteiger partial charge >= 0.3 is 0 Å². The molecule has 1 amide bonds. The molecule has 2 aromatic rings. The molecule has 1 N–H and O–H groups in total. The number of methoxy groups -OCH3 is 1. The Hall–Kier alpha value is -2.37. The van der Waals surface area contributed by atoms with Crippen LogP contribution in [0, 0.1) is 0 Å². The van der Waals surface area contributed by atoms with Gasteiger partial charge in [-0.25, -0.2) is 0 Å². The van der Waals surface area contributed by atoms with Crippen molar-refractivity contribution in [1.82, 2.24) is 15.1 Å². The third-order valence-corrected chi connectivity index (χ3v) is 5.73. The minimum absolute atomic E-state index is 0.0383. The van der Waals surface area contributed by atoms with E-state index in [9.17, 15) is 4.79 Å². The van der Waals surface area contributed by atoms with Gasteiger partial charge < -0.3 is 15.0 Å². The number of ether oxygens (including phenoxy) is 1. The quantitative estimate of drug-likeness (QED) is 0.776. The van der Waals surface area contributed by atoms with Crippen molar-refractivity contribution < 1.29 is 9.53 Å². The second-order valence-electron chi connectivity index (χ2n) is 7.81. The molecule has 1 fully saturated rings. The SMILES string of the molecule is CCN(Cc1ccc(C(=O)N2CCNCC2c2ccccc2OC)cc1)C(C)C. The van der Waals surface area contributed by atoms with E-state index in [1.807, 2.05) is 41.3 Å². The van der Waals surface area contributed by atoms with E-state index in [0.29, 0.717) is 12.6 Å². The smallest absolute Gasteiger partial charge is 0.254 e. The van der Waals surface area contributed by atoms with Gasteiger partial charge in [0.05, 0.1) is 13.2 Å². The second-order valence-corrected chi connectivity index (χ2v) is 7.81. The molecule has 1 unspecified atom stereocenters. The first-order valence-corrected chi connectivity index (χ1v) is 10.5. The predicted molar refractivity (Wildman–Crippen MR) is 117 cm³/mol. The molecule has 2 aromatic carbocycles. The van der Waals surface area contributed by atoms with E-state index in [2.05, 4.69) is 43.1 Å². The molecule has 1 saturated heterocycles. The standard InChI is InChI=1S/C24H33N3O2/c1-5-26(18(2)3)17-19-10-12-20(13-11-19)24(28)27-15-14-25-16-22(27)21-8-6-7-9-23(21)29-4/h6-13,18,22,25H,5,14-17H2,1-4H3. The van der Waals surface area contributed by atoms with Crippen molar-refractivity contribution in [3.8, 4) is 5.75 Å². The summed E-state index contributed by atoms with van der Waals surface area (Å²) < 4.78 is 5.54. The summed E-state index contributed by atoms with van der Waals surface area (Å²) >= 11 is 0. The fraction of sp³-hybridized carbons (Fsp3) is 0.458. The summed E-state index contributed by atoms with van der Waals surface area (Å²) in [5.41, 5.74) is 3.02. The maximum Gasteiger partial charge on any atom is 0.254 e. The zero-order chi connectivity index (χ0) is 20.8. The Balaban J connectivity index is 1.79. The highest BCUT2D eigenvalue weighted by Gasteiger charge is 2.30. The Morgan fingerprint density at radius 2 is 1.93 bits per heavy atom. The molecule has 1 atom stereocenters. The highest BCUT2D eigenvalue weighted by atomic mass is 16.5. The molecule has 3 rings (SSSR count). The van der Waals surface area contributed by atoms with Crippen molar-refractivity contribution in [2.75, 3.05) is 33.3 Å². The van der Waals surface area contributed by atoms with Gasteiger partial charge in [-0.2, -0.15) is 0 Å². The maximum atomic E-state index is 13.3. The average Bonchev–Trinajstić information content (AvgIpc) is 2.77. The maximum absolute atomic E-state index is 13.3. The zero-order valence-electron chi connectivity index (χ0n) is 18.0. The lowest BCUT2D eigenvalue weighted by molar-refractivity contribution is 0.0631. The van der Waals surface area contributed by atoms with Crippen LogP contribution in [0.25, 0.3) is 0 Å². The van der Waals surface area contributed by atoms with Crippen molar-refractivity contribution in [1.29, 1.82) is 0 Å². The number of piperazine rings is 1. The molecule has 29 heavy (non-hydrogen) atoms. The van der Waals surface area contributed by atoms with Crippen LogP contribution in [-0.4, -0.2) is 55.0 Å². The average molecular weight is 396 g/mol. The number of hydrogen-bond acceptors (Lipinski definition) is 4. The second kappa shape index (κ2) is 9.90.